The van der Waals surface area contributed by atoms with E-state index < -0.39 is 0 Å². The van der Waals surface area contributed by atoms with Gasteiger partial charge in [0.2, 0.25) is 0 Å². The lowest BCUT2D eigenvalue weighted by molar-refractivity contribution is -0.0790. The van der Waals surface area contributed by atoms with E-state index in [4.69, 9.17) is 4.74 Å². The first-order chi connectivity index (χ1) is 7.11. The summed E-state index contributed by atoms with van der Waals surface area (Å²) in [7, 11) is 0. The number of hydrogen-bond acceptors (Lipinski definition) is 1. The maximum Gasteiger partial charge on any atom is 0.0681 e. The van der Waals surface area contributed by atoms with Crippen LogP contribution < -0.4 is 0 Å². The van der Waals surface area contributed by atoms with Crippen LogP contribution in [0.15, 0.2) is 0 Å². The Kier molecular flexibility index (Phi) is 3.12. The molecule has 15 heavy (non-hydrogen) atoms. The Morgan fingerprint density at radius 2 is 1.67 bits per heavy atom. The highest BCUT2D eigenvalue weighted by Crippen LogP contribution is 2.57. The molecule has 0 radical (unpaired) electrons. The molecule has 2 rings (SSSR count). The van der Waals surface area contributed by atoms with Gasteiger partial charge in [-0.25, -0.2) is 0 Å². The van der Waals surface area contributed by atoms with Crippen LogP contribution in [0.25, 0.3) is 0 Å². The standard InChI is InChI=1S/C14H26O/c1-4-15-12-13(2,3)10-11-14(12)8-6-5-7-9-14/h12H,4-11H2,1-3H3. The van der Waals surface area contributed by atoms with Gasteiger partial charge in [-0.1, -0.05) is 33.1 Å². The lowest BCUT2D eigenvalue weighted by Gasteiger charge is -2.42. The van der Waals surface area contributed by atoms with Crippen molar-refractivity contribution in [1.29, 1.82) is 0 Å². The van der Waals surface area contributed by atoms with Crippen LogP contribution in [0.5, 0.6) is 0 Å². The Hall–Kier alpha value is -0.0400. The van der Waals surface area contributed by atoms with Crippen LogP contribution in [0.1, 0.15) is 65.7 Å². The van der Waals surface area contributed by atoms with Gasteiger partial charge in [-0.15, -0.1) is 0 Å². The maximum absolute atomic E-state index is 6.11. The molecule has 0 saturated heterocycles. The van der Waals surface area contributed by atoms with E-state index in [1.807, 2.05) is 0 Å². The zero-order valence-electron chi connectivity index (χ0n) is 10.6. The van der Waals surface area contributed by atoms with Crippen molar-refractivity contribution in [2.45, 2.75) is 71.8 Å². The highest BCUT2D eigenvalue weighted by atomic mass is 16.5. The minimum atomic E-state index is 0.410. The average Bonchev–Trinajstić information content (AvgIpc) is 2.45. The molecule has 0 aliphatic heterocycles. The number of rotatable bonds is 2. The predicted molar refractivity (Wildman–Crippen MR) is 63.9 cm³/mol. The zero-order chi connectivity index (χ0) is 10.9. The topological polar surface area (TPSA) is 9.23 Å². The van der Waals surface area contributed by atoms with Crippen LogP contribution in [0.2, 0.25) is 0 Å². The molecule has 1 heteroatoms. The van der Waals surface area contributed by atoms with Crippen molar-refractivity contribution >= 4 is 0 Å². The molecule has 0 amide bonds. The van der Waals surface area contributed by atoms with Crippen molar-refractivity contribution < 1.29 is 4.74 Å². The van der Waals surface area contributed by atoms with Crippen LogP contribution in [-0.2, 0) is 4.74 Å². The summed E-state index contributed by atoms with van der Waals surface area (Å²) in [5.41, 5.74) is 0.963. The third-order valence-corrected chi connectivity index (χ3v) is 4.72. The van der Waals surface area contributed by atoms with Crippen LogP contribution in [0, 0.1) is 10.8 Å². The maximum atomic E-state index is 6.11. The van der Waals surface area contributed by atoms with Gasteiger partial charge < -0.3 is 4.74 Å². The summed E-state index contributed by atoms with van der Waals surface area (Å²) >= 11 is 0. The number of ether oxygens (including phenoxy) is 1. The van der Waals surface area contributed by atoms with E-state index >= 15 is 0 Å². The lowest BCUT2D eigenvalue weighted by Crippen LogP contribution is -2.41. The second-order valence-corrected chi connectivity index (χ2v) is 6.25. The molecular weight excluding hydrogens is 184 g/mol. The molecule has 0 heterocycles. The predicted octanol–water partition coefficient (Wildman–Crippen LogP) is 4.16. The minimum Gasteiger partial charge on any atom is -0.377 e. The van der Waals surface area contributed by atoms with Crippen LogP contribution in [0.3, 0.4) is 0 Å². The van der Waals surface area contributed by atoms with Gasteiger partial charge in [0.1, 0.15) is 0 Å². The van der Waals surface area contributed by atoms with Gasteiger partial charge in [-0.2, -0.15) is 0 Å². The van der Waals surface area contributed by atoms with Gasteiger partial charge in [0, 0.05) is 6.61 Å². The first-order valence-electron chi connectivity index (χ1n) is 6.72. The van der Waals surface area contributed by atoms with Crippen molar-refractivity contribution in [3.8, 4) is 0 Å². The average molecular weight is 210 g/mol. The summed E-state index contributed by atoms with van der Waals surface area (Å²) < 4.78 is 6.11. The molecule has 0 bridgehead atoms. The zero-order valence-corrected chi connectivity index (χ0v) is 10.6. The van der Waals surface area contributed by atoms with E-state index in [1.165, 1.54) is 44.9 Å². The smallest absolute Gasteiger partial charge is 0.0681 e. The van der Waals surface area contributed by atoms with Crippen LogP contribution >= 0.6 is 0 Å². The highest BCUT2D eigenvalue weighted by molar-refractivity contribution is 5.03. The Morgan fingerprint density at radius 1 is 1.00 bits per heavy atom. The Morgan fingerprint density at radius 3 is 2.27 bits per heavy atom. The third-order valence-electron chi connectivity index (χ3n) is 4.72. The van der Waals surface area contributed by atoms with Gasteiger partial charge in [0.05, 0.1) is 6.10 Å². The van der Waals surface area contributed by atoms with Gasteiger partial charge in [-0.05, 0) is 43.4 Å². The molecule has 0 N–H and O–H groups in total. The van der Waals surface area contributed by atoms with E-state index in [-0.39, 0.29) is 0 Å². The van der Waals surface area contributed by atoms with E-state index in [0.717, 1.165) is 6.61 Å². The second-order valence-electron chi connectivity index (χ2n) is 6.25. The molecule has 1 nitrogen and oxygen atoms in total. The van der Waals surface area contributed by atoms with Crippen LogP contribution in [0.4, 0.5) is 0 Å². The molecule has 88 valence electrons. The fourth-order valence-electron chi connectivity index (χ4n) is 4.00. The molecule has 2 fully saturated rings. The molecule has 0 aromatic carbocycles. The summed E-state index contributed by atoms with van der Waals surface area (Å²) in [6.45, 7) is 7.83. The quantitative estimate of drug-likeness (QED) is 0.665. The minimum absolute atomic E-state index is 0.410. The third kappa shape index (κ3) is 1.95. The lowest BCUT2D eigenvalue weighted by atomic mass is 9.69. The fourth-order valence-corrected chi connectivity index (χ4v) is 4.00. The second kappa shape index (κ2) is 4.08. The Labute approximate surface area is 94.6 Å². The molecule has 2 aliphatic carbocycles. The molecule has 1 spiro atoms. The molecule has 1 atom stereocenters. The van der Waals surface area contributed by atoms with Gasteiger partial charge in [-0.3, -0.25) is 0 Å². The SMILES string of the molecule is CCOC1C(C)(C)CCC12CCCCC2. The van der Waals surface area contributed by atoms with Crippen molar-refractivity contribution in [2.24, 2.45) is 10.8 Å². The first-order valence-corrected chi connectivity index (χ1v) is 6.72. The van der Waals surface area contributed by atoms with Gasteiger partial charge >= 0.3 is 0 Å². The van der Waals surface area contributed by atoms with Crippen molar-refractivity contribution in [1.82, 2.24) is 0 Å². The van der Waals surface area contributed by atoms with Gasteiger partial charge in [0.25, 0.3) is 0 Å². The normalized spacial score (nSPS) is 33.4. The Bertz CT molecular complexity index is 213. The fraction of sp³-hybridized carbons (Fsp3) is 1.00. The van der Waals surface area contributed by atoms with Crippen molar-refractivity contribution in [3.05, 3.63) is 0 Å². The van der Waals surface area contributed by atoms with Crippen molar-refractivity contribution in [3.63, 3.8) is 0 Å². The first kappa shape index (κ1) is 11.4. The largest absolute Gasteiger partial charge is 0.377 e. The molecule has 0 aromatic heterocycles. The summed E-state index contributed by atoms with van der Waals surface area (Å²) in [6, 6.07) is 0. The van der Waals surface area contributed by atoms with E-state index in [2.05, 4.69) is 20.8 Å². The summed E-state index contributed by atoms with van der Waals surface area (Å²) in [5.74, 6) is 0. The highest BCUT2D eigenvalue weighted by Gasteiger charge is 2.52. The van der Waals surface area contributed by atoms with Gasteiger partial charge in [0.15, 0.2) is 0 Å². The monoisotopic (exact) mass is 210 g/mol. The van der Waals surface area contributed by atoms with E-state index in [0.29, 0.717) is 16.9 Å². The molecule has 0 aromatic rings. The summed E-state index contributed by atoms with van der Waals surface area (Å²) in [4.78, 5) is 0. The van der Waals surface area contributed by atoms with E-state index in [9.17, 15) is 0 Å². The summed E-state index contributed by atoms with van der Waals surface area (Å²) in [5, 5.41) is 0. The summed E-state index contributed by atoms with van der Waals surface area (Å²) in [6.07, 6.45) is 10.4. The number of hydrogen-bond donors (Lipinski definition) is 0. The molecule has 2 saturated carbocycles. The van der Waals surface area contributed by atoms with E-state index in [1.54, 1.807) is 0 Å². The Balaban J connectivity index is 2.16. The van der Waals surface area contributed by atoms with Crippen LogP contribution in [-0.4, -0.2) is 12.7 Å². The molecule has 1 unspecified atom stereocenters. The molecular formula is C14H26O. The molecule has 2 aliphatic rings. The van der Waals surface area contributed by atoms with Crippen molar-refractivity contribution in [2.75, 3.05) is 6.61 Å².